The zero-order valence-electron chi connectivity index (χ0n) is 11.3. The first kappa shape index (κ1) is 13.6. The van der Waals surface area contributed by atoms with Crippen LogP contribution in [0.1, 0.15) is 17.3 Å². The highest BCUT2D eigenvalue weighted by Gasteiger charge is 2.06. The molecule has 3 rings (SSSR count). The van der Waals surface area contributed by atoms with Crippen LogP contribution in [0, 0.1) is 0 Å². The van der Waals surface area contributed by atoms with E-state index in [1.54, 1.807) is 48.7 Å². The van der Waals surface area contributed by atoms with Crippen LogP contribution in [0.2, 0.25) is 5.02 Å². The van der Waals surface area contributed by atoms with Gasteiger partial charge in [0.25, 0.3) is 0 Å². The molecule has 0 amide bonds. The number of rotatable bonds is 3. The largest absolute Gasteiger partial charge is 0.457 e. The summed E-state index contributed by atoms with van der Waals surface area (Å²) < 4.78 is 5.87. The number of ether oxygens (including phenoxy) is 1. The standard InChI is InChI=1S/C17H12ClNO2/c1-11(20)12-2-5-14(6-3-12)21-17-8-9-19-16-10-13(18)4-7-15(16)17/h2-10H,1H3. The van der Waals surface area contributed by atoms with Gasteiger partial charge in [-0.05, 0) is 55.5 Å². The van der Waals surface area contributed by atoms with Crippen molar-refractivity contribution in [2.75, 3.05) is 0 Å². The first-order valence-corrected chi connectivity index (χ1v) is 6.84. The van der Waals surface area contributed by atoms with E-state index in [1.165, 1.54) is 6.92 Å². The predicted molar refractivity (Wildman–Crippen MR) is 83.3 cm³/mol. The van der Waals surface area contributed by atoms with Crippen LogP contribution in [-0.2, 0) is 0 Å². The number of Topliss-reactive ketones (excluding diaryl/α,β-unsaturated/α-hetero) is 1. The molecule has 1 heterocycles. The quantitative estimate of drug-likeness (QED) is 0.647. The summed E-state index contributed by atoms with van der Waals surface area (Å²) in [6.07, 6.45) is 1.68. The van der Waals surface area contributed by atoms with Gasteiger partial charge in [0.2, 0.25) is 0 Å². The van der Waals surface area contributed by atoms with Gasteiger partial charge >= 0.3 is 0 Å². The summed E-state index contributed by atoms with van der Waals surface area (Å²) in [5.74, 6) is 1.40. The third kappa shape index (κ3) is 2.88. The van der Waals surface area contributed by atoms with Crippen LogP contribution in [0.15, 0.2) is 54.7 Å². The van der Waals surface area contributed by atoms with E-state index in [2.05, 4.69) is 4.98 Å². The van der Waals surface area contributed by atoms with Crippen molar-refractivity contribution in [1.29, 1.82) is 0 Å². The number of halogens is 1. The minimum Gasteiger partial charge on any atom is -0.457 e. The fourth-order valence-corrected chi connectivity index (χ4v) is 2.24. The van der Waals surface area contributed by atoms with Gasteiger partial charge in [-0.15, -0.1) is 0 Å². The van der Waals surface area contributed by atoms with Crippen LogP contribution in [0.4, 0.5) is 0 Å². The van der Waals surface area contributed by atoms with Crippen molar-refractivity contribution in [3.63, 3.8) is 0 Å². The molecule has 0 aliphatic carbocycles. The SMILES string of the molecule is CC(=O)c1ccc(Oc2ccnc3cc(Cl)ccc23)cc1. The van der Waals surface area contributed by atoms with Gasteiger partial charge in [0, 0.05) is 22.2 Å². The van der Waals surface area contributed by atoms with Crippen molar-refractivity contribution >= 4 is 28.3 Å². The fraction of sp³-hybridized carbons (Fsp3) is 0.0588. The minimum absolute atomic E-state index is 0.0329. The van der Waals surface area contributed by atoms with Crippen molar-refractivity contribution in [3.05, 3.63) is 65.3 Å². The first-order valence-electron chi connectivity index (χ1n) is 6.46. The maximum Gasteiger partial charge on any atom is 0.159 e. The number of pyridine rings is 1. The van der Waals surface area contributed by atoms with Crippen LogP contribution in [0.3, 0.4) is 0 Å². The fourth-order valence-electron chi connectivity index (χ4n) is 2.07. The summed E-state index contributed by atoms with van der Waals surface area (Å²) in [5, 5.41) is 1.52. The van der Waals surface area contributed by atoms with Gasteiger partial charge in [-0.3, -0.25) is 9.78 Å². The average molecular weight is 298 g/mol. The molecule has 0 unspecified atom stereocenters. The lowest BCUT2D eigenvalue weighted by molar-refractivity contribution is 0.101. The van der Waals surface area contributed by atoms with Gasteiger partial charge in [0.15, 0.2) is 5.78 Å². The molecule has 0 radical (unpaired) electrons. The molecular formula is C17H12ClNO2. The summed E-state index contributed by atoms with van der Waals surface area (Å²) in [4.78, 5) is 15.5. The monoisotopic (exact) mass is 297 g/mol. The molecule has 0 bridgehead atoms. The topological polar surface area (TPSA) is 39.2 Å². The maximum atomic E-state index is 11.3. The van der Waals surface area contributed by atoms with Gasteiger partial charge < -0.3 is 4.74 Å². The Balaban J connectivity index is 1.96. The van der Waals surface area contributed by atoms with Gasteiger partial charge in [0.1, 0.15) is 11.5 Å². The van der Waals surface area contributed by atoms with Crippen LogP contribution in [0.25, 0.3) is 10.9 Å². The van der Waals surface area contributed by atoms with E-state index >= 15 is 0 Å². The zero-order valence-corrected chi connectivity index (χ0v) is 12.1. The van der Waals surface area contributed by atoms with E-state index in [-0.39, 0.29) is 5.78 Å². The van der Waals surface area contributed by atoms with Crippen LogP contribution in [0.5, 0.6) is 11.5 Å². The lowest BCUT2D eigenvalue weighted by Crippen LogP contribution is -1.92. The number of aromatic nitrogens is 1. The number of hydrogen-bond donors (Lipinski definition) is 0. The Labute approximate surface area is 127 Å². The summed E-state index contributed by atoms with van der Waals surface area (Å²) >= 11 is 5.97. The normalized spacial score (nSPS) is 10.6. The molecule has 21 heavy (non-hydrogen) atoms. The molecule has 0 aliphatic rings. The molecule has 1 aromatic heterocycles. The molecule has 0 saturated carbocycles. The Morgan fingerprint density at radius 2 is 1.86 bits per heavy atom. The Morgan fingerprint density at radius 3 is 2.57 bits per heavy atom. The summed E-state index contributed by atoms with van der Waals surface area (Å²) in [7, 11) is 0. The van der Waals surface area contributed by atoms with Gasteiger partial charge in [-0.25, -0.2) is 0 Å². The molecular weight excluding hydrogens is 286 g/mol. The zero-order chi connectivity index (χ0) is 14.8. The van der Waals surface area contributed by atoms with E-state index in [9.17, 15) is 4.79 Å². The van der Waals surface area contributed by atoms with E-state index in [0.29, 0.717) is 22.1 Å². The third-order valence-electron chi connectivity index (χ3n) is 3.15. The van der Waals surface area contributed by atoms with Crippen molar-refractivity contribution in [2.24, 2.45) is 0 Å². The lowest BCUT2D eigenvalue weighted by Gasteiger charge is -2.09. The highest BCUT2D eigenvalue weighted by molar-refractivity contribution is 6.31. The minimum atomic E-state index is 0.0329. The second-order valence-corrected chi connectivity index (χ2v) is 5.09. The number of fused-ring (bicyclic) bond motifs is 1. The van der Waals surface area contributed by atoms with E-state index in [0.717, 1.165) is 10.9 Å². The van der Waals surface area contributed by atoms with Gasteiger partial charge in [0.05, 0.1) is 5.52 Å². The van der Waals surface area contributed by atoms with E-state index in [1.807, 2.05) is 6.07 Å². The van der Waals surface area contributed by atoms with E-state index < -0.39 is 0 Å². The van der Waals surface area contributed by atoms with E-state index in [4.69, 9.17) is 16.3 Å². The van der Waals surface area contributed by atoms with Crippen LogP contribution < -0.4 is 4.74 Å². The number of carbonyl (C=O) groups is 1. The Morgan fingerprint density at radius 1 is 1.10 bits per heavy atom. The van der Waals surface area contributed by atoms with Crippen molar-refractivity contribution in [2.45, 2.75) is 6.92 Å². The smallest absolute Gasteiger partial charge is 0.159 e. The van der Waals surface area contributed by atoms with Gasteiger partial charge in [-0.2, -0.15) is 0 Å². The second-order valence-electron chi connectivity index (χ2n) is 4.65. The molecule has 3 aromatic rings. The molecule has 3 nitrogen and oxygen atoms in total. The molecule has 0 spiro atoms. The number of ketones is 1. The highest BCUT2D eigenvalue weighted by Crippen LogP contribution is 2.30. The molecule has 0 fully saturated rings. The Hall–Kier alpha value is -2.39. The second kappa shape index (κ2) is 5.54. The molecule has 4 heteroatoms. The maximum absolute atomic E-state index is 11.3. The third-order valence-corrected chi connectivity index (χ3v) is 3.39. The molecule has 104 valence electrons. The Kier molecular flexibility index (Phi) is 3.59. The van der Waals surface area contributed by atoms with Crippen molar-refractivity contribution in [3.8, 4) is 11.5 Å². The van der Waals surface area contributed by atoms with Crippen molar-refractivity contribution in [1.82, 2.24) is 4.98 Å². The average Bonchev–Trinajstić information content (AvgIpc) is 2.47. The molecule has 0 atom stereocenters. The Bertz CT molecular complexity index is 813. The predicted octanol–water partition coefficient (Wildman–Crippen LogP) is 4.88. The van der Waals surface area contributed by atoms with Crippen molar-refractivity contribution < 1.29 is 9.53 Å². The van der Waals surface area contributed by atoms with Crippen LogP contribution >= 0.6 is 11.6 Å². The number of benzene rings is 2. The molecule has 0 aliphatic heterocycles. The number of nitrogens with zero attached hydrogens (tertiary/aromatic N) is 1. The lowest BCUT2D eigenvalue weighted by atomic mass is 10.1. The number of carbonyl (C=O) groups excluding carboxylic acids is 1. The molecule has 0 saturated heterocycles. The summed E-state index contributed by atoms with van der Waals surface area (Å²) in [6, 6.07) is 14.3. The molecule has 0 N–H and O–H groups in total. The highest BCUT2D eigenvalue weighted by atomic mass is 35.5. The van der Waals surface area contributed by atoms with Crippen LogP contribution in [-0.4, -0.2) is 10.8 Å². The first-order chi connectivity index (χ1) is 10.1. The molecule has 2 aromatic carbocycles. The summed E-state index contributed by atoms with van der Waals surface area (Å²) in [6.45, 7) is 1.54. The van der Waals surface area contributed by atoms with Gasteiger partial charge in [-0.1, -0.05) is 11.6 Å². The number of hydrogen-bond acceptors (Lipinski definition) is 3. The summed E-state index contributed by atoms with van der Waals surface area (Å²) in [5.41, 5.74) is 1.44.